The van der Waals surface area contributed by atoms with Gasteiger partial charge in [0.2, 0.25) is 0 Å². The quantitative estimate of drug-likeness (QED) is 0.769. The zero-order valence-electron chi connectivity index (χ0n) is 12.9. The van der Waals surface area contributed by atoms with E-state index in [0.717, 1.165) is 31.6 Å². The van der Waals surface area contributed by atoms with E-state index in [1.165, 1.54) is 11.1 Å². The van der Waals surface area contributed by atoms with Gasteiger partial charge in [-0.3, -0.25) is 0 Å². The Kier molecular flexibility index (Phi) is 4.07. The van der Waals surface area contributed by atoms with Gasteiger partial charge in [-0.2, -0.15) is 0 Å². The number of aryl methyl sites for hydroxylation is 1. The molecule has 0 unspecified atom stereocenters. The molecule has 106 valence electrons. The summed E-state index contributed by atoms with van der Waals surface area (Å²) < 4.78 is 11.9. The van der Waals surface area contributed by atoms with E-state index in [1.54, 1.807) is 0 Å². The lowest BCUT2D eigenvalue weighted by atomic mass is 9.93. The second-order valence-electron chi connectivity index (χ2n) is 7.01. The molecule has 2 rings (SSSR count). The van der Waals surface area contributed by atoms with Gasteiger partial charge in [0.15, 0.2) is 8.32 Å². The summed E-state index contributed by atoms with van der Waals surface area (Å²) in [7, 11) is -1.38. The predicted molar refractivity (Wildman–Crippen MR) is 82.5 cm³/mol. The summed E-state index contributed by atoms with van der Waals surface area (Å²) in [5.74, 6) is 1.06. The van der Waals surface area contributed by atoms with Gasteiger partial charge in [0.25, 0.3) is 0 Å². The first-order chi connectivity index (χ1) is 8.75. The monoisotopic (exact) mass is 278 g/mol. The van der Waals surface area contributed by atoms with Crippen molar-refractivity contribution in [1.29, 1.82) is 0 Å². The summed E-state index contributed by atoms with van der Waals surface area (Å²) in [5, 5.41) is 0. The summed E-state index contributed by atoms with van der Waals surface area (Å²) in [5.41, 5.74) is 2.69. The molecule has 1 aromatic carbocycles. The lowest BCUT2D eigenvalue weighted by Gasteiger charge is -2.32. The minimum Gasteiger partial charge on any atom is -0.488 e. The molecule has 0 atom stereocenters. The van der Waals surface area contributed by atoms with Crippen LogP contribution < -0.4 is 4.74 Å². The van der Waals surface area contributed by atoms with Crippen molar-refractivity contribution in [3.63, 3.8) is 0 Å². The van der Waals surface area contributed by atoms with Gasteiger partial charge in [0.1, 0.15) is 11.4 Å². The molecule has 0 saturated carbocycles. The van der Waals surface area contributed by atoms with E-state index >= 15 is 0 Å². The number of rotatable bonds is 4. The van der Waals surface area contributed by atoms with E-state index in [9.17, 15) is 0 Å². The van der Waals surface area contributed by atoms with Gasteiger partial charge in [-0.25, -0.2) is 0 Å². The van der Waals surface area contributed by atoms with Crippen molar-refractivity contribution in [3.05, 3.63) is 29.3 Å². The number of benzene rings is 1. The van der Waals surface area contributed by atoms with E-state index in [2.05, 4.69) is 51.7 Å². The normalized spacial score (nSPS) is 17.7. The van der Waals surface area contributed by atoms with Crippen LogP contribution in [0, 0.1) is 0 Å². The second kappa shape index (κ2) is 5.29. The van der Waals surface area contributed by atoms with Crippen molar-refractivity contribution in [2.24, 2.45) is 0 Å². The van der Waals surface area contributed by atoms with E-state index in [1.807, 2.05) is 0 Å². The Morgan fingerprint density at radius 2 is 2.00 bits per heavy atom. The van der Waals surface area contributed by atoms with Gasteiger partial charge in [-0.05, 0) is 69.9 Å². The molecular weight excluding hydrogens is 252 g/mol. The van der Waals surface area contributed by atoms with Gasteiger partial charge in [0.05, 0.1) is 0 Å². The first-order valence-corrected chi connectivity index (χ1v) is 10.6. The smallest absolute Gasteiger partial charge is 0.183 e. The molecule has 0 bridgehead atoms. The lowest BCUT2D eigenvalue weighted by Crippen LogP contribution is -2.32. The van der Waals surface area contributed by atoms with Crippen LogP contribution >= 0.6 is 0 Å². The molecule has 1 aliphatic heterocycles. The third-order valence-corrected chi connectivity index (χ3v) is 4.50. The third-order valence-electron chi connectivity index (χ3n) is 3.43. The SMILES string of the molecule is CC1(C)CCc2cc(CCO[Si](C)(C)C)ccc2O1. The Morgan fingerprint density at radius 3 is 2.68 bits per heavy atom. The van der Waals surface area contributed by atoms with Crippen LogP contribution in [0.3, 0.4) is 0 Å². The highest BCUT2D eigenvalue weighted by molar-refractivity contribution is 6.69. The zero-order chi connectivity index (χ0) is 14.1. The number of fused-ring (bicyclic) bond motifs is 1. The summed E-state index contributed by atoms with van der Waals surface area (Å²) in [6.45, 7) is 11.8. The van der Waals surface area contributed by atoms with Crippen molar-refractivity contribution >= 4 is 8.32 Å². The largest absolute Gasteiger partial charge is 0.488 e. The van der Waals surface area contributed by atoms with Gasteiger partial charge in [-0.15, -0.1) is 0 Å². The molecular formula is C16H26O2Si. The molecule has 3 heteroatoms. The van der Waals surface area contributed by atoms with Crippen LogP contribution in [0.15, 0.2) is 18.2 Å². The Balaban J connectivity index is 1.98. The van der Waals surface area contributed by atoms with E-state index < -0.39 is 8.32 Å². The Labute approximate surface area is 118 Å². The highest BCUT2D eigenvalue weighted by Crippen LogP contribution is 2.33. The van der Waals surface area contributed by atoms with Crippen LogP contribution in [0.1, 0.15) is 31.4 Å². The molecule has 19 heavy (non-hydrogen) atoms. The van der Waals surface area contributed by atoms with E-state index in [4.69, 9.17) is 9.16 Å². The molecule has 0 saturated heterocycles. The molecule has 0 radical (unpaired) electrons. The molecule has 1 aliphatic rings. The Hall–Kier alpha value is -0.803. The molecule has 0 aliphatic carbocycles. The van der Waals surface area contributed by atoms with Crippen LogP contribution in [0.25, 0.3) is 0 Å². The van der Waals surface area contributed by atoms with Crippen molar-refractivity contribution in [1.82, 2.24) is 0 Å². The molecule has 0 fully saturated rings. The maximum Gasteiger partial charge on any atom is 0.183 e. The Bertz CT molecular complexity index is 447. The summed E-state index contributed by atoms with van der Waals surface area (Å²) in [4.78, 5) is 0. The minimum atomic E-state index is -1.38. The number of ether oxygens (including phenoxy) is 1. The van der Waals surface area contributed by atoms with E-state index in [-0.39, 0.29) is 5.60 Å². The van der Waals surface area contributed by atoms with Crippen molar-refractivity contribution < 1.29 is 9.16 Å². The van der Waals surface area contributed by atoms with Gasteiger partial charge in [-0.1, -0.05) is 12.1 Å². The van der Waals surface area contributed by atoms with E-state index in [0.29, 0.717) is 0 Å². The first kappa shape index (κ1) is 14.6. The molecule has 0 aromatic heterocycles. The van der Waals surface area contributed by atoms with Crippen LogP contribution in [0.5, 0.6) is 5.75 Å². The van der Waals surface area contributed by atoms with Crippen molar-refractivity contribution in [2.45, 2.75) is 58.4 Å². The standard InChI is InChI=1S/C16H26O2Si/c1-16(2)10-8-14-12-13(6-7-15(14)18-16)9-11-17-19(3,4)5/h6-7,12H,8-11H2,1-5H3. The van der Waals surface area contributed by atoms with Crippen LogP contribution in [0.2, 0.25) is 19.6 Å². The Morgan fingerprint density at radius 1 is 1.26 bits per heavy atom. The maximum absolute atomic E-state index is 6.01. The fourth-order valence-electron chi connectivity index (χ4n) is 2.34. The third kappa shape index (κ3) is 4.36. The van der Waals surface area contributed by atoms with Crippen LogP contribution in [0.4, 0.5) is 0 Å². The molecule has 1 heterocycles. The highest BCUT2D eigenvalue weighted by Gasteiger charge is 2.26. The maximum atomic E-state index is 6.01. The molecule has 0 N–H and O–H groups in total. The van der Waals surface area contributed by atoms with Gasteiger partial charge in [0, 0.05) is 6.61 Å². The average molecular weight is 278 g/mol. The molecule has 0 spiro atoms. The number of hydrogen-bond acceptors (Lipinski definition) is 2. The van der Waals surface area contributed by atoms with Gasteiger partial charge >= 0.3 is 0 Å². The molecule has 2 nitrogen and oxygen atoms in total. The predicted octanol–water partition coefficient (Wildman–Crippen LogP) is 4.18. The van der Waals surface area contributed by atoms with Crippen molar-refractivity contribution in [3.8, 4) is 5.75 Å². The van der Waals surface area contributed by atoms with Gasteiger partial charge < -0.3 is 9.16 Å². The van der Waals surface area contributed by atoms with Crippen LogP contribution in [-0.2, 0) is 17.3 Å². The second-order valence-corrected chi connectivity index (χ2v) is 11.5. The fourth-order valence-corrected chi connectivity index (χ4v) is 3.06. The topological polar surface area (TPSA) is 18.5 Å². The summed E-state index contributed by atoms with van der Waals surface area (Å²) in [6, 6.07) is 6.59. The number of hydrogen-bond donors (Lipinski definition) is 0. The highest BCUT2D eigenvalue weighted by atomic mass is 28.4. The minimum absolute atomic E-state index is 0.0184. The van der Waals surface area contributed by atoms with Crippen molar-refractivity contribution in [2.75, 3.05) is 6.61 Å². The lowest BCUT2D eigenvalue weighted by molar-refractivity contribution is 0.0846. The molecule has 1 aromatic rings. The molecule has 0 amide bonds. The summed E-state index contributed by atoms with van der Waals surface area (Å²) >= 11 is 0. The fraction of sp³-hybridized carbons (Fsp3) is 0.625. The van der Waals surface area contributed by atoms with Crippen LogP contribution in [-0.4, -0.2) is 20.5 Å². The average Bonchev–Trinajstić information content (AvgIpc) is 2.27. The zero-order valence-corrected chi connectivity index (χ0v) is 13.9. The first-order valence-electron chi connectivity index (χ1n) is 7.20. The summed E-state index contributed by atoms with van der Waals surface area (Å²) in [6.07, 6.45) is 3.21.